The first-order valence-electron chi connectivity index (χ1n) is 23.2. The Morgan fingerprint density at radius 3 is 1.47 bits per heavy atom. The lowest BCUT2D eigenvalue weighted by atomic mass is 9.61. The third kappa shape index (κ3) is 6.94. The standard InChI is InChI=1S/C58H31B8N5O/c1-29-43(46(60)50(64)49(63)45(29)59)37-25-24-34(28-40(37)44-47(61)51(65)52(66)55(72)48(44)62)70-41-18-10-8-16-35(41)38-26-27-39-36-17-9-11-19-42(36)71(54(39)53(38)70)58-68-56(32-14-6-3-7-15-32)67-57(69-58)33-22-20-31(21-23-33)30-12-4-2-5-13-30/h2-28,72H,1H3. The Labute approximate surface area is 426 Å². The lowest BCUT2D eigenvalue weighted by Gasteiger charge is -2.26. The molecule has 14 heteroatoms. The minimum absolute atomic E-state index is 0.0316. The molecule has 3 aromatic heterocycles. The average Bonchev–Trinajstić information content (AvgIpc) is 3.95. The van der Waals surface area contributed by atoms with Gasteiger partial charge in [0.05, 0.1) is 22.1 Å². The highest BCUT2D eigenvalue weighted by Crippen LogP contribution is 2.43. The van der Waals surface area contributed by atoms with Crippen LogP contribution in [0.15, 0.2) is 164 Å². The van der Waals surface area contributed by atoms with E-state index in [4.69, 9.17) is 77.7 Å². The first kappa shape index (κ1) is 45.1. The average molecular weight is 900 g/mol. The predicted molar refractivity (Wildman–Crippen MR) is 305 cm³/mol. The first-order valence-corrected chi connectivity index (χ1v) is 23.2. The van der Waals surface area contributed by atoms with E-state index in [1.165, 1.54) is 0 Å². The highest BCUT2D eigenvalue weighted by atomic mass is 16.3. The summed E-state index contributed by atoms with van der Waals surface area (Å²) in [7, 11) is 52.7. The molecule has 6 nitrogen and oxygen atoms in total. The van der Waals surface area contributed by atoms with Gasteiger partial charge in [-0.1, -0.05) is 161 Å². The van der Waals surface area contributed by atoms with Crippen LogP contribution in [0.4, 0.5) is 0 Å². The van der Waals surface area contributed by atoms with Crippen molar-refractivity contribution >= 4 is 150 Å². The van der Waals surface area contributed by atoms with Crippen LogP contribution in [0.2, 0.25) is 0 Å². The summed E-state index contributed by atoms with van der Waals surface area (Å²) in [5.74, 6) is 1.05. The molecule has 9 aromatic carbocycles. The van der Waals surface area contributed by atoms with Crippen molar-refractivity contribution < 1.29 is 5.11 Å². The third-order valence-electron chi connectivity index (χ3n) is 13.9. The van der Waals surface area contributed by atoms with Gasteiger partial charge < -0.3 is 9.67 Å². The largest absolute Gasteiger partial charge is 0.509 e. The number of nitrogens with zero attached hydrogens (tertiary/aromatic N) is 5. The van der Waals surface area contributed by atoms with Crippen molar-refractivity contribution in [2.24, 2.45) is 0 Å². The number of benzene rings is 9. The second-order valence-electron chi connectivity index (χ2n) is 17.9. The summed E-state index contributed by atoms with van der Waals surface area (Å²) in [6.45, 7) is 1.81. The lowest BCUT2D eigenvalue weighted by molar-refractivity contribution is 0.484. The van der Waals surface area contributed by atoms with Crippen LogP contribution in [-0.4, -0.2) is 92.0 Å². The zero-order valence-corrected chi connectivity index (χ0v) is 38.9. The molecule has 0 fully saturated rings. The molecule has 3 heterocycles. The summed E-state index contributed by atoms with van der Waals surface area (Å²) in [6, 6.07) is 55.1. The first-order chi connectivity index (χ1) is 34.9. The normalized spacial score (nSPS) is 11.6. The molecule has 72 heavy (non-hydrogen) atoms. The Morgan fingerprint density at radius 1 is 0.375 bits per heavy atom. The number of phenolic OH excluding ortho intramolecular Hbond substituents is 1. The maximum Gasteiger partial charge on any atom is 0.238 e. The minimum atomic E-state index is -0.407. The van der Waals surface area contributed by atoms with E-state index < -0.39 is 5.75 Å². The van der Waals surface area contributed by atoms with E-state index in [2.05, 4.69) is 81.9 Å². The molecule has 0 atom stereocenters. The van der Waals surface area contributed by atoms with Crippen molar-refractivity contribution in [2.75, 3.05) is 0 Å². The highest BCUT2D eigenvalue weighted by molar-refractivity contribution is 6.65. The molecule has 0 bridgehead atoms. The quantitative estimate of drug-likeness (QED) is 0.235. The van der Waals surface area contributed by atoms with Crippen molar-refractivity contribution in [3.63, 3.8) is 0 Å². The summed E-state index contributed by atoms with van der Waals surface area (Å²) in [5.41, 5.74) is 11.0. The van der Waals surface area contributed by atoms with Gasteiger partial charge in [-0.15, -0.1) is 21.9 Å². The van der Waals surface area contributed by atoms with E-state index in [0.717, 1.165) is 65.9 Å². The minimum Gasteiger partial charge on any atom is -0.509 e. The maximum atomic E-state index is 11.4. The summed E-state index contributed by atoms with van der Waals surface area (Å²) in [4.78, 5) is 15.7. The van der Waals surface area contributed by atoms with Crippen molar-refractivity contribution in [3.05, 3.63) is 169 Å². The monoisotopic (exact) mass is 901 g/mol. The van der Waals surface area contributed by atoms with Crippen molar-refractivity contribution in [3.8, 4) is 73.5 Å². The molecule has 318 valence electrons. The van der Waals surface area contributed by atoms with E-state index in [1.54, 1.807) is 0 Å². The Balaban J connectivity index is 1.19. The van der Waals surface area contributed by atoms with Crippen LogP contribution in [0.5, 0.6) is 5.75 Å². The topological polar surface area (TPSA) is 68.8 Å². The molecular weight excluding hydrogens is 869 g/mol. The van der Waals surface area contributed by atoms with Crippen LogP contribution < -0.4 is 43.7 Å². The van der Waals surface area contributed by atoms with Crippen LogP contribution in [0.25, 0.3) is 111 Å². The molecule has 0 spiro atoms. The Morgan fingerprint density at radius 2 is 0.847 bits per heavy atom. The van der Waals surface area contributed by atoms with E-state index in [1.807, 2.05) is 97.9 Å². The SMILES string of the molecule is [B]c1c([B])c([B])c(-c2ccc(-n3c4ccccc4c4ccc5c6ccccc6n(-c6nc(-c7ccccc7)nc(-c7ccc(-c8ccccc8)cc7)n6)c5c43)cc2-c2c([B])c([B])c([B])c(O)c2[B])c(C)c1[B]. The van der Waals surface area contributed by atoms with Crippen molar-refractivity contribution in [1.29, 1.82) is 0 Å². The van der Waals surface area contributed by atoms with Gasteiger partial charge in [0.15, 0.2) is 11.6 Å². The maximum absolute atomic E-state index is 11.4. The zero-order chi connectivity index (χ0) is 49.7. The third-order valence-corrected chi connectivity index (χ3v) is 13.9. The van der Waals surface area contributed by atoms with Gasteiger partial charge in [0.25, 0.3) is 0 Å². The molecule has 0 aliphatic carbocycles. The summed E-state index contributed by atoms with van der Waals surface area (Å²) in [5, 5.41) is 15.3. The lowest BCUT2D eigenvalue weighted by Crippen LogP contribution is -2.49. The fourth-order valence-electron chi connectivity index (χ4n) is 10.2. The summed E-state index contributed by atoms with van der Waals surface area (Å²) >= 11 is 0. The van der Waals surface area contributed by atoms with Gasteiger partial charge in [0, 0.05) is 38.4 Å². The molecule has 12 aromatic rings. The van der Waals surface area contributed by atoms with E-state index in [9.17, 15) is 5.11 Å². The molecular formula is C58H31B8N5O. The molecule has 12 rings (SSSR count). The molecule has 1 N–H and O–H groups in total. The van der Waals surface area contributed by atoms with E-state index in [-0.39, 0.29) is 49.3 Å². The van der Waals surface area contributed by atoms with Crippen molar-refractivity contribution in [1.82, 2.24) is 24.1 Å². The van der Waals surface area contributed by atoms with Crippen molar-refractivity contribution in [2.45, 2.75) is 6.92 Å². The smallest absolute Gasteiger partial charge is 0.238 e. The van der Waals surface area contributed by atoms with Gasteiger partial charge in [-0.2, -0.15) is 9.97 Å². The molecule has 0 unspecified atom stereocenters. The van der Waals surface area contributed by atoms with Gasteiger partial charge >= 0.3 is 0 Å². The highest BCUT2D eigenvalue weighted by Gasteiger charge is 2.26. The van der Waals surface area contributed by atoms with Gasteiger partial charge in [-0.05, 0) is 70.0 Å². The van der Waals surface area contributed by atoms with Crippen LogP contribution in [0.3, 0.4) is 0 Å². The molecule has 0 saturated heterocycles. The predicted octanol–water partition coefficient (Wildman–Crippen LogP) is 4.77. The zero-order valence-electron chi connectivity index (χ0n) is 38.9. The van der Waals surface area contributed by atoms with Gasteiger partial charge in [0.2, 0.25) is 5.95 Å². The number of para-hydroxylation sites is 2. The Bertz CT molecular complexity index is 4160. The fraction of sp³-hybridized carbons (Fsp3) is 0.0172. The van der Waals surface area contributed by atoms with Gasteiger partial charge in [0.1, 0.15) is 68.5 Å². The number of aromatic hydroxyl groups is 1. The fourth-order valence-corrected chi connectivity index (χ4v) is 10.2. The second-order valence-corrected chi connectivity index (χ2v) is 17.9. The van der Waals surface area contributed by atoms with Gasteiger partial charge in [-0.25, -0.2) is 4.98 Å². The van der Waals surface area contributed by atoms with Crippen LogP contribution in [-0.2, 0) is 0 Å². The Kier molecular flexibility index (Phi) is 10.9. The van der Waals surface area contributed by atoms with Gasteiger partial charge in [-0.3, -0.25) is 4.57 Å². The molecule has 0 saturated carbocycles. The molecule has 16 radical (unpaired) electrons. The Hall–Kier alpha value is -8.09. The van der Waals surface area contributed by atoms with Crippen LogP contribution in [0.1, 0.15) is 5.56 Å². The van der Waals surface area contributed by atoms with Crippen LogP contribution >= 0.6 is 0 Å². The van der Waals surface area contributed by atoms with Crippen LogP contribution in [0, 0.1) is 6.92 Å². The number of aromatic nitrogens is 5. The van der Waals surface area contributed by atoms with E-state index in [0.29, 0.717) is 45.5 Å². The molecule has 0 amide bonds. The number of phenols is 1. The number of rotatable bonds is 7. The molecule has 0 aliphatic heterocycles. The summed E-state index contributed by atoms with van der Waals surface area (Å²) < 4.78 is 4.33. The van der Waals surface area contributed by atoms with E-state index >= 15 is 0 Å². The number of hydrogen-bond acceptors (Lipinski definition) is 4. The number of fused-ring (bicyclic) bond motifs is 7. The molecule has 0 aliphatic rings. The second kappa shape index (κ2) is 17.3. The number of hydrogen-bond donors (Lipinski definition) is 1. The summed E-state index contributed by atoms with van der Waals surface area (Å²) in [6.07, 6.45) is 0.